The zero-order chi connectivity index (χ0) is 11.3. The summed E-state index contributed by atoms with van der Waals surface area (Å²) in [5.74, 6) is 0.740. The van der Waals surface area contributed by atoms with Crippen LogP contribution < -0.4 is 5.73 Å². The second kappa shape index (κ2) is 6.46. The predicted molar refractivity (Wildman–Crippen MR) is 66.0 cm³/mol. The number of rotatable bonds is 5. The van der Waals surface area contributed by atoms with Gasteiger partial charge in [0.2, 0.25) is 0 Å². The van der Waals surface area contributed by atoms with Gasteiger partial charge >= 0.3 is 0 Å². The van der Waals surface area contributed by atoms with Crippen LogP contribution in [0.1, 0.15) is 26.7 Å². The summed E-state index contributed by atoms with van der Waals surface area (Å²) in [4.78, 5) is 5.03. The number of nitrogens with zero attached hydrogens (tertiary/aromatic N) is 2. The standard InChI is InChI=1S/C12H27N3/c1-11(2)9-15(8-6-13)12-5-4-7-14(3)10-12/h11-12H,4-10,13H2,1-3H3. The number of hydrogen-bond acceptors (Lipinski definition) is 3. The van der Waals surface area contributed by atoms with Crippen molar-refractivity contribution in [2.45, 2.75) is 32.7 Å². The normalized spacial score (nSPS) is 24.0. The van der Waals surface area contributed by atoms with Gasteiger partial charge in [0.25, 0.3) is 0 Å². The highest BCUT2D eigenvalue weighted by Gasteiger charge is 2.23. The van der Waals surface area contributed by atoms with Crippen molar-refractivity contribution in [1.29, 1.82) is 0 Å². The minimum atomic E-state index is 0.731. The van der Waals surface area contributed by atoms with E-state index in [1.165, 1.54) is 32.5 Å². The van der Waals surface area contributed by atoms with E-state index in [0.29, 0.717) is 0 Å². The van der Waals surface area contributed by atoms with Crippen LogP contribution in [0.2, 0.25) is 0 Å². The molecule has 1 aliphatic rings. The number of likely N-dealkylation sites (N-methyl/N-ethyl adjacent to an activating group) is 1. The van der Waals surface area contributed by atoms with E-state index in [1.54, 1.807) is 0 Å². The molecule has 1 aliphatic heterocycles. The summed E-state index contributed by atoms with van der Waals surface area (Å²) in [7, 11) is 2.22. The molecule has 0 spiro atoms. The van der Waals surface area contributed by atoms with Crippen molar-refractivity contribution in [2.24, 2.45) is 11.7 Å². The van der Waals surface area contributed by atoms with Crippen molar-refractivity contribution >= 4 is 0 Å². The van der Waals surface area contributed by atoms with Crippen LogP contribution >= 0.6 is 0 Å². The first-order valence-electron chi connectivity index (χ1n) is 6.26. The SMILES string of the molecule is CC(C)CN(CCN)C1CCCN(C)C1. The van der Waals surface area contributed by atoms with Crippen LogP contribution in [-0.2, 0) is 0 Å². The number of nitrogens with two attached hydrogens (primary N) is 1. The Morgan fingerprint density at radius 2 is 2.20 bits per heavy atom. The third-order valence-electron chi connectivity index (χ3n) is 3.13. The Kier molecular flexibility index (Phi) is 5.58. The van der Waals surface area contributed by atoms with E-state index >= 15 is 0 Å². The molecule has 2 N–H and O–H groups in total. The fraction of sp³-hybridized carbons (Fsp3) is 1.00. The number of likely N-dealkylation sites (tertiary alicyclic amines) is 1. The third-order valence-corrected chi connectivity index (χ3v) is 3.13. The lowest BCUT2D eigenvalue weighted by Gasteiger charge is -2.38. The molecule has 15 heavy (non-hydrogen) atoms. The maximum atomic E-state index is 5.69. The van der Waals surface area contributed by atoms with Crippen LogP contribution in [0.3, 0.4) is 0 Å². The maximum absolute atomic E-state index is 5.69. The summed E-state index contributed by atoms with van der Waals surface area (Å²) in [5, 5.41) is 0. The number of piperidine rings is 1. The van der Waals surface area contributed by atoms with E-state index in [0.717, 1.165) is 25.0 Å². The fourth-order valence-electron chi connectivity index (χ4n) is 2.49. The molecule has 0 aromatic carbocycles. The molecule has 0 bridgehead atoms. The molecule has 0 saturated carbocycles. The van der Waals surface area contributed by atoms with Crippen LogP contribution in [0, 0.1) is 5.92 Å². The van der Waals surface area contributed by atoms with Gasteiger partial charge in [0.15, 0.2) is 0 Å². The quantitative estimate of drug-likeness (QED) is 0.739. The molecule has 3 heteroatoms. The Morgan fingerprint density at radius 1 is 1.47 bits per heavy atom. The second-order valence-corrected chi connectivity index (χ2v) is 5.24. The van der Waals surface area contributed by atoms with Gasteiger partial charge in [-0.1, -0.05) is 13.8 Å². The van der Waals surface area contributed by atoms with E-state index in [9.17, 15) is 0 Å². The predicted octanol–water partition coefficient (Wildman–Crippen LogP) is 0.997. The van der Waals surface area contributed by atoms with Crippen LogP contribution in [-0.4, -0.2) is 55.6 Å². The van der Waals surface area contributed by atoms with E-state index in [-0.39, 0.29) is 0 Å². The van der Waals surface area contributed by atoms with Crippen LogP contribution in [0.4, 0.5) is 0 Å². The lowest BCUT2D eigenvalue weighted by Crippen LogP contribution is -2.49. The van der Waals surface area contributed by atoms with E-state index in [2.05, 4.69) is 30.7 Å². The molecule has 0 aromatic heterocycles. The van der Waals surface area contributed by atoms with E-state index in [1.807, 2.05) is 0 Å². The maximum Gasteiger partial charge on any atom is 0.0224 e. The Bertz CT molecular complexity index is 170. The molecule has 1 saturated heterocycles. The largest absolute Gasteiger partial charge is 0.329 e. The molecule has 1 fully saturated rings. The van der Waals surface area contributed by atoms with Gasteiger partial charge in [-0.05, 0) is 32.4 Å². The molecule has 3 nitrogen and oxygen atoms in total. The molecule has 1 heterocycles. The minimum Gasteiger partial charge on any atom is -0.329 e. The van der Waals surface area contributed by atoms with Gasteiger partial charge in [0.1, 0.15) is 0 Å². The average Bonchev–Trinajstić information content (AvgIpc) is 2.16. The molecule has 1 unspecified atom stereocenters. The van der Waals surface area contributed by atoms with Crippen molar-refractivity contribution in [3.05, 3.63) is 0 Å². The highest BCUT2D eigenvalue weighted by molar-refractivity contribution is 4.80. The van der Waals surface area contributed by atoms with Gasteiger partial charge in [0, 0.05) is 32.2 Å². The minimum absolute atomic E-state index is 0.731. The van der Waals surface area contributed by atoms with Gasteiger partial charge in [-0.2, -0.15) is 0 Å². The van der Waals surface area contributed by atoms with Crippen LogP contribution in [0.15, 0.2) is 0 Å². The van der Waals surface area contributed by atoms with Gasteiger partial charge in [-0.3, -0.25) is 4.90 Å². The topological polar surface area (TPSA) is 32.5 Å². The molecule has 1 atom stereocenters. The smallest absolute Gasteiger partial charge is 0.0224 e. The second-order valence-electron chi connectivity index (χ2n) is 5.24. The Hall–Kier alpha value is -0.120. The summed E-state index contributed by atoms with van der Waals surface area (Å²) in [6, 6.07) is 0.731. The van der Waals surface area contributed by atoms with Gasteiger partial charge in [-0.25, -0.2) is 0 Å². The highest BCUT2D eigenvalue weighted by atomic mass is 15.2. The highest BCUT2D eigenvalue weighted by Crippen LogP contribution is 2.15. The molecular weight excluding hydrogens is 186 g/mol. The lowest BCUT2D eigenvalue weighted by molar-refractivity contribution is 0.104. The van der Waals surface area contributed by atoms with Crippen molar-refractivity contribution < 1.29 is 0 Å². The summed E-state index contributed by atoms with van der Waals surface area (Å²) >= 11 is 0. The van der Waals surface area contributed by atoms with Crippen LogP contribution in [0.25, 0.3) is 0 Å². The molecule has 0 aliphatic carbocycles. The van der Waals surface area contributed by atoms with Gasteiger partial charge in [0.05, 0.1) is 0 Å². The van der Waals surface area contributed by atoms with Crippen molar-refractivity contribution in [3.63, 3.8) is 0 Å². The third kappa shape index (κ3) is 4.49. The number of hydrogen-bond donors (Lipinski definition) is 1. The Balaban J connectivity index is 2.45. The van der Waals surface area contributed by atoms with Crippen LogP contribution in [0.5, 0.6) is 0 Å². The fourth-order valence-corrected chi connectivity index (χ4v) is 2.49. The summed E-state index contributed by atoms with van der Waals surface area (Å²) in [6.45, 7) is 10.1. The van der Waals surface area contributed by atoms with Crippen molar-refractivity contribution in [1.82, 2.24) is 9.80 Å². The molecule has 1 rings (SSSR count). The first-order valence-corrected chi connectivity index (χ1v) is 6.26. The molecule has 0 aromatic rings. The first-order chi connectivity index (χ1) is 7.13. The molecule has 90 valence electrons. The molecular formula is C12H27N3. The van der Waals surface area contributed by atoms with Gasteiger partial charge < -0.3 is 10.6 Å². The summed E-state index contributed by atoms with van der Waals surface area (Å²) in [6.07, 6.45) is 2.68. The van der Waals surface area contributed by atoms with E-state index < -0.39 is 0 Å². The summed E-state index contributed by atoms with van der Waals surface area (Å²) in [5.41, 5.74) is 5.69. The van der Waals surface area contributed by atoms with E-state index in [4.69, 9.17) is 5.73 Å². The zero-order valence-corrected chi connectivity index (χ0v) is 10.6. The Morgan fingerprint density at radius 3 is 2.73 bits per heavy atom. The monoisotopic (exact) mass is 213 g/mol. The summed E-state index contributed by atoms with van der Waals surface area (Å²) < 4.78 is 0. The van der Waals surface area contributed by atoms with Gasteiger partial charge in [-0.15, -0.1) is 0 Å². The zero-order valence-electron chi connectivity index (χ0n) is 10.6. The lowest BCUT2D eigenvalue weighted by atomic mass is 10.0. The van der Waals surface area contributed by atoms with Crippen molar-refractivity contribution in [3.8, 4) is 0 Å². The molecule has 0 radical (unpaired) electrons. The Labute approximate surface area is 94.6 Å². The molecule has 0 amide bonds. The average molecular weight is 213 g/mol. The van der Waals surface area contributed by atoms with Crippen molar-refractivity contribution in [2.75, 3.05) is 39.8 Å². The first kappa shape index (κ1) is 12.9.